The van der Waals surface area contributed by atoms with Crippen molar-refractivity contribution in [2.75, 3.05) is 6.61 Å². The lowest BCUT2D eigenvalue weighted by atomic mass is 9.98. The van der Waals surface area contributed by atoms with Crippen molar-refractivity contribution in [3.63, 3.8) is 0 Å². The van der Waals surface area contributed by atoms with Gasteiger partial charge >= 0.3 is 23.9 Å². The molecule has 0 radical (unpaired) electrons. The molecule has 1 aliphatic rings. The third-order valence-electron chi connectivity index (χ3n) is 2.95. The summed E-state index contributed by atoms with van der Waals surface area (Å²) in [6.07, 6.45) is -6.84. The van der Waals surface area contributed by atoms with Crippen molar-refractivity contribution in [1.82, 2.24) is 0 Å². The molecule has 1 aliphatic heterocycles. The van der Waals surface area contributed by atoms with E-state index in [0.29, 0.717) is 0 Å². The Hall–Kier alpha value is -2.20. The Morgan fingerprint density at radius 2 is 1.33 bits per heavy atom. The van der Waals surface area contributed by atoms with Gasteiger partial charge in [0.25, 0.3) is 0 Å². The van der Waals surface area contributed by atoms with Crippen LogP contribution in [0.15, 0.2) is 0 Å². The van der Waals surface area contributed by atoms with Gasteiger partial charge in [0.05, 0.1) is 0 Å². The molecule has 10 heteroatoms. The second-order valence-corrected chi connectivity index (χ2v) is 5.09. The van der Waals surface area contributed by atoms with Crippen LogP contribution in [-0.4, -0.2) is 66.3 Å². The summed E-state index contributed by atoms with van der Waals surface area (Å²) in [5, 5.41) is 10.4. The Labute approximate surface area is 137 Å². The SMILES string of the molecule is CC(=O)OC[C@H]1O[C@H](OC(C)=O)[C@H](OC(C)=O)[C@@H](O)[C@@H]1OC(C)=O. The first kappa shape index (κ1) is 19.8. The van der Waals surface area contributed by atoms with E-state index in [2.05, 4.69) is 0 Å². The maximum Gasteiger partial charge on any atom is 0.305 e. The van der Waals surface area contributed by atoms with Crippen molar-refractivity contribution < 1.29 is 48.0 Å². The molecule has 0 amide bonds. The summed E-state index contributed by atoms with van der Waals surface area (Å²) in [4.78, 5) is 44.6. The molecule has 1 rings (SSSR count). The average molecular weight is 348 g/mol. The number of ether oxygens (including phenoxy) is 5. The highest BCUT2D eigenvalue weighted by atomic mass is 16.7. The number of hydrogen-bond donors (Lipinski definition) is 1. The monoisotopic (exact) mass is 348 g/mol. The third-order valence-corrected chi connectivity index (χ3v) is 2.95. The average Bonchev–Trinajstić information content (AvgIpc) is 2.42. The lowest BCUT2D eigenvalue weighted by molar-refractivity contribution is -0.298. The van der Waals surface area contributed by atoms with E-state index in [0.717, 1.165) is 27.7 Å². The van der Waals surface area contributed by atoms with Crippen LogP contribution in [0.4, 0.5) is 0 Å². The molecule has 0 aliphatic carbocycles. The normalized spacial score (nSPS) is 29.3. The predicted molar refractivity (Wildman–Crippen MR) is 74.2 cm³/mol. The van der Waals surface area contributed by atoms with E-state index in [9.17, 15) is 24.3 Å². The van der Waals surface area contributed by atoms with Crippen molar-refractivity contribution in [2.24, 2.45) is 0 Å². The molecule has 0 aromatic heterocycles. The van der Waals surface area contributed by atoms with Crippen LogP contribution in [0.1, 0.15) is 27.7 Å². The van der Waals surface area contributed by atoms with Gasteiger partial charge < -0.3 is 28.8 Å². The number of rotatable bonds is 5. The first-order chi connectivity index (χ1) is 11.1. The van der Waals surface area contributed by atoms with Gasteiger partial charge in [-0.1, -0.05) is 0 Å². The number of carbonyl (C=O) groups is 4. The molecular weight excluding hydrogens is 328 g/mol. The Bertz CT molecular complexity index is 500. The highest BCUT2D eigenvalue weighted by Gasteiger charge is 2.50. The van der Waals surface area contributed by atoms with E-state index in [1.807, 2.05) is 0 Å². The van der Waals surface area contributed by atoms with Gasteiger partial charge in [-0.3, -0.25) is 19.2 Å². The molecule has 1 heterocycles. The fourth-order valence-electron chi connectivity index (χ4n) is 2.14. The van der Waals surface area contributed by atoms with Crippen LogP contribution < -0.4 is 0 Å². The van der Waals surface area contributed by atoms with Gasteiger partial charge in [0.15, 0.2) is 12.2 Å². The minimum absolute atomic E-state index is 0.366. The Balaban J connectivity index is 3.04. The fourth-order valence-corrected chi connectivity index (χ4v) is 2.14. The van der Waals surface area contributed by atoms with Gasteiger partial charge in [0, 0.05) is 27.7 Å². The lowest BCUT2D eigenvalue weighted by Crippen LogP contribution is -2.62. The first-order valence-electron chi connectivity index (χ1n) is 7.10. The zero-order valence-corrected chi connectivity index (χ0v) is 13.7. The van der Waals surface area contributed by atoms with E-state index in [-0.39, 0.29) is 6.61 Å². The van der Waals surface area contributed by atoms with Crippen LogP contribution in [0.25, 0.3) is 0 Å². The Morgan fingerprint density at radius 1 is 0.833 bits per heavy atom. The molecule has 24 heavy (non-hydrogen) atoms. The maximum absolute atomic E-state index is 11.2. The minimum atomic E-state index is -1.56. The summed E-state index contributed by atoms with van der Waals surface area (Å²) in [5.41, 5.74) is 0. The second-order valence-electron chi connectivity index (χ2n) is 5.09. The highest BCUT2D eigenvalue weighted by Crippen LogP contribution is 2.27. The van der Waals surface area contributed by atoms with Crippen LogP contribution in [0.3, 0.4) is 0 Å². The summed E-state index contributed by atoms with van der Waals surface area (Å²) in [5.74, 6) is -2.87. The molecule has 0 unspecified atom stereocenters. The zero-order valence-electron chi connectivity index (χ0n) is 13.7. The molecule has 0 saturated carbocycles. The van der Waals surface area contributed by atoms with Crippen LogP contribution >= 0.6 is 0 Å². The molecular formula is C14H20O10. The van der Waals surface area contributed by atoms with E-state index in [1.165, 1.54) is 0 Å². The van der Waals surface area contributed by atoms with Gasteiger partial charge in [-0.25, -0.2) is 0 Å². The van der Waals surface area contributed by atoms with E-state index in [4.69, 9.17) is 23.7 Å². The molecule has 1 fully saturated rings. The van der Waals surface area contributed by atoms with Gasteiger partial charge in [0.1, 0.15) is 18.8 Å². The standard InChI is InChI=1S/C14H20O10/c1-6(15)20-5-10-12(21-7(2)16)11(19)13(22-8(3)17)14(24-10)23-9(4)18/h10-14,19H,5H2,1-4H3/t10-,11+,12-,13-,14+/m1/s1. The summed E-state index contributed by atoms with van der Waals surface area (Å²) in [6.45, 7) is 4.08. The maximum atomic E-state index is 11.2. The van der Waals surface area contributed by atoms with Crippen LogP contribution in [-0.2, 0) is 42.9 Å². The minimum Gasteiger partial charge on any atom is -0.463 e. The summed E-state index contributed by atoms with van der Waals surface area (Å²) < 4.78 is 25.0. The molecule has 0 aromatic rings. The van der Waals surface area contributed by atoms with Crippen LogP contribution in [0.5, 0.6) is 0 Å². The van der Waals surface area contributed by atoms with Crippen molar-refractivity contribution in [3.8, 4) is 0 Å². The van der Waals surface area contributed by atoms with Gasteiger partial charge in [0.2, 0.25) is 6.29 Å². The smallest absolute Gasteiger partial charge is 0.305 e. The van der Waals surface area contributed by atoms with Crippen LogP contribution in [0.2, 0.25) is 0 Å². The molecule has 0 bridgehead atoms. The number of hydrogen-bond acceptors (Lipinski definition) is 10. The quantitative estimate of drug-likeness (QED) is 0.490. The van der Waals surface area contributed by atoms with Crippen molar-refractivity contribution >= 4 is 23.9 Å². The topological polar surface area (TPSA) is 135 Å². The molecule has 0 aromatic carbocycles. The molecule has 1 saturated heterocycles. The second kappa shape index (κ2) is 8.60. The Morgan fingerprint density at radius 3 is 1.79 bits per heavy atom. The van der Waals surface area contributed by atoms with Crippen LogP contribution in [0, 0.1) is 0 Å². The molecule has 0 spiro atoms. The van der Waals surface area contributed by atoms with Gasteiger partial charge in [-0.15, -0.1) is 0 Å². The number of aliphatic hydroxyl groups is 1. The third kappa shape index (κ3) is 5.78. The van der Waals surface area contributed by atoms with Crippen molar-refractivity contribution in [3.05, 3.63) is 0 Å². The number of esters is 4. The van der Waals surface area contributed by atoms with E-state index in [1.54, 1.807) is 0 Å². The van der Waals surface area contributed by atoms with Gasteiger partial charge in [-0.05, 0) is 0 Å². The fraction of sp³-hybridized carbons (Fsp3) is 0.714. The van der Waals surface area contributed by atoms with Crippen molar-refractivity contribution in [1.29, 1.82) is 0 Å². The molecule has 136 valence electrons. The molecule has 5 atom stereocenters. The molecule has 10 nitrogen and oxygen atoms in total. The number of carbonyl (C=O) groups excluding carboxylic acids is 4. The predicted octanol–water partition coefficient (Wildman–Crippen LogP) is -0.938. The van der Waals surface area contributed by atoms with E-state index < -0.39 is 54.6 Å². The highest BCUT2D eigenvalue weighted by molar-refractivity contribution is 5.68. The summed E-state index contributed by atoms with van der Waals surface area (Å²) >= 11 is 0. The zero-order chi connectivity index (χ0) is 18.4. The summed E-state index contributed by atoms with van der Waals surface area (Å²) in [6, 6.07) is 0. The first-order valence-corrected chi connectivity index (χ1v) is 7.10. The van der Waals surface area contributed by atoms with E-state index >= 15 is 0 Å². The Kier molecular flexibility index (Phi) is 7.11. The van der Waals surface area contributed by atoms with Crippen molar-refractivity contribution in [2.45, 2.75) is 58.4 Å². The number of aliphatic hydroxyl groups excluding tert-OH is 1. The molecule has 1 N–H and O–H groups in total. The van der Waals surface area contributed by atoms with Gasteiger partial charge in [-0.2, -0.15) is 0 Å². The summed E-state index contributed by atoms with van der Waals surface area (Å²) in [7, 11) is 0. The largest absolute Gasteiger partial charge is 0.463 e. The lowest BCUT2D eigenvalue weighted by Gasteiger charge is -2.42.